The fraction of sp³-hybridized carbons (Fsp3) is 1.00. The minimum atomic E-state index is -2.45. The van der Waals surface area contributed by atoms with E-state index in [4.69, 9.17) is 19.0 Å². The van der Waals surface area contributed by atoms with E-state index >= 15 is 0 Å². The summed E-state index contributed by atoms with van der Waals surface area (Å²) in [6.07, 6.45) is 1.86. The van der Waals surface area contributed by atoms with E-state index in [0.29, 0.717) is 12.1 Å². The second-order valence-corrected chi connectivity index (χ2v) is 6.15. The Labute approximate surface area is 81.7 Å². The van der Waals surface area contributed by atoms with Gasteiger partial charge >= 0.3 is 8.80 Å². The summed E-state index contributed by atoms with van der Waals surface area (Å²) in [7, 11) is 2.46. The van der Waals surface area contributed by atoms with E-state index in [2.05, 4.69) is 6.92 Å². The third-order valence-electron chi connectivity index (χ3n) is 2.36. The van der Waals surface area contributed by atoms with Gasteiger partial charge in [0.1, 0.15) is 0 Å². The molecule has 0 rings (SSSR count). The third kappa shape index (κ3) is 3.03. The van der Waals surface area contributed by atoms with Crippen molar-refractivity contribution >= 4 is 8.80 Å². The fourth-order valence-electron chi connectivity index (χ4n) is 1.58. The standard InChI is InChI=1S/C8H21NO3Si/c1-5-8(6-7-9)13(10-2,11-3)12-4/h8H,5-7,9H2,1-4H3. The summed E-state index contributed by atoms with van der Waals surface area (Å²) in [4.78, 5) is 0. The number of hydrogen-bond acceptors (Lipinski definition) is 4. The molecule has 0 amide bonds. The molecule has 0 bridgehead atoms. The molecule has 0 aromatic heterocycles. The summed E-state index contributed by atoms with van der Waals surface area (Å²) >= 11 is 0. The van der Waals surface area contributed by atoms with Gasteiger partial charge < -0.3 is 19.0 Å². The first-order chi connectivity index (χ1) is 6.20. The SMILES string of the molecule is CCC(CCN)[Si](OC)(OC)OC. The Balaban J connectivity index is 4.45. The van der Waals surface area contributed by atoms with Gasteiger partial charge in [-0.3, -0.25) is 0 Å². The smallest absolute Gasteiger partial charge is 0.377 e. The lowest BCUT2D eigenvalue weighted by atomic mass is 10.2. The molecule has 80 valence electrons. The average Bonchev–Trinajstić information content (AvgIpc) is 2.19. The Bertz CT molecular complexity index is 122. The van der Waals surface area contributed by atoms with E-state index < -0.39 is 8.80 Å². The van der Waals surface area contributed by atoms with Crippen LogP contribution < -0.4 is 5.73 Å². The highest BCUT2D eigenvalue weighted by atomic mass is 28.4. The van der Waals surface area contributed by atoms with E-state index in [1.807, 2.05) is 0 Å². The van der Waals surface area contributed by atoms with E-state index in [1.165, 1.54) is 0 Å². The van der Waals surface area contributed by atoms with E-state index in [9.17, 15) is 0 Å². The highest BCUT2D eigenvalue weighted by Crippen LogP contribution is 2.29. The maximum absolute atomic E-state index is 5.52. The molecule has 0 aliphatic heterocycles. The zero-order valence-corrected chi connectivity index (χ0v) is 10.0. The minimum Gasteiger partial charge on any atom is -0.377 e. The van der Waals surface area contributed by atoms with Crippen LogP contribution in [0.3, 0.4) is 0 Å². The highest BCUT2D eigenvalue weighted by Gasteiger charge is 2.45. The van der Waals surface area contributed by atoms with Crippen molar-refractivity contribution in [3.8, 4) is 0 Å². The lowest BCUT2D eigenvalue weighted by Gasteiger charge is -2.31. The molecule has 5 heteroatoms. The molecule has 2 N–H and O–H groups in total. The lowest BCUT2D eigenvalue weighted by molar-refractivity contribution is 0.109. The van der Waals surface area contributed by atoms with Crippen LogP contribution in [0, 0.1) is 0 Å². The monoisotopic (exact) mass is 207 g/mol. The molecule has 0 saturated carbocycles. The van der Waals surface area contributed by atoms with E-state index in [0.717, 1.165) is 12.8 Å². The van der Waals surface area contributed by atoms with Gasteiger partial charge in [-0.15, -0.1) is 0 Å². The number of nitrogens with two attached hydrogens (primary N) is 1. The van der Waals surface area contributed by atoms with Gasteiger partial charge in [-0.2, -0.15) is 0 Å². The Hall–Kier alpha value is 0.0569. The summed E-state index contributed by atoms with van der Waals surface area (Å²) in [6.45, 7) is 2.74. The summed E-state index contributed by atoms with van der Waals surface area (Å²) < 4.78 is 16.1. The van der Waals surface area contributed by atoms with Crippen LogP contribution in [0.1, 0.15) is 19.8 Å². The molecule has 0 heterocycles. The lowest BCUT2D eigenvalue weighted by Crippen LogP contribution is -2.48. The second kappa shape index (κ2) is 6.50. The number of hydrogen-bond donors (Lipinski definition) is 1. The van der Waals surface area contributed by atoms with Gasteiger partial charge in [-0.1, -0.05) is 6.92 Å². The van der Waals surface area contributed by atoms with Crippen LogP contribution in [-0.4, -0.2) is 36.7 Å². The van der Waals surface area contributed by atoms with Crippen LogP contribution in [0.25, 0.3) is 0 Å². The van der Waals surface area contributed by atoms with Gasteiger partial charge in [-0.05, 0) is 19.4 Å². The normalized spacial score (nSPS) is 14.5. The minimum absolute atomic E-state index is 0.303. The van der Waals surface area contributed by atoms with Gasteiger partial charge in [0.05, 0.1) is 0 Å². The van der Waals surface area contributed by atoms with Crippen molar-refractivity contribution in [2.45, 2.75) is 25.3 Å². The summed E-state index contributed by atoms with van der Waals surface area (Å²) in [6, 6.07) is 0. The molecular formula is C8H21NO3Si. The molecule has 1 unspecified atom stereocenters. The van der Waals surface area contributed by atoms with Crippen molar-refractivity contribution in [3.63, 3.8) is 0 Å². The van der Waals surface area contributed by atoms with Gasteiger partial charge in [0.25, 0.3) is 0 Å². The second-order valence-electron chi connectivity index (χ2n) is 2.90. The summed E-state index contributed by atoms with van der Waals surface area (Å²) in [5.41, 5.74) is 5.82. The third-order valence-corrected chi connectivity index (χ3v) is 5.77. The van der Waals surface area contributed by atoms with Crippen LogP contribution in [0.4, 0.5) is 0 Å². The molecule has 0 fully saturated rings. The van der Waals surface area contributed by atoms with Crippen LogP contribution in [0.15, 0.2) is 0 Å². The van der Waals surface area contributed by atoms with Gasteiger partial charge in [0.15, 0.2) is 0 Å². The first-order valence-corrected chi connectivity index (χ1v) is 6.36. The van der Waals surface area contributed by atoms with Gasteiger partial charge in [-0.25, -0.2) is 0 Å². The van der Waals surface area contributed by atoms with E-state index in [-0.39, 0.29) is 0 Å². The zero-order chi connectivity index (χ0) is 10.3. The molecule has 4 nitrogen and oxygen atoms in total. The predicted octanol–water partition coefficient (Wildman–Crippen LogP) is 0.993. The summed E-state index contributed by atoms with van der Waals surface area (Å²) in [5, 5.41) is 0. The molecule has 0 saturated heterocycles. The van der Waals surface area contributed by atoms with Crippen molar-refractivity contribution in [1.82, 2.24) is 0 Å². The maximum Gasteiger partial charge on any atom is 0.503 e. The average molecular weight is 207 g/mol. The number of rotatable bonds is 7. The molecule has 0 aliphatic carbocycles. The van der Waals surface area contributed by atoms with Crippen LogP contribution in [-0.2, 0) is 13.3 Å². The molecule has 0 aromatic carbocycles. The largest absolute Gasteiger partial charge is 0.503 e. The molecule has 1 atom stereocenters. The quantitative estimate of drug-likeness (QED) is 0.633. The van der Waals surface area contributed by atoms with Crippen LogP contribution in [0.2, 0.25) is 5.54 Å². The fourth-order valence-corrected chi connectivity index (χ4v) is 4.10. The van der Waals surface area contributed by atoms with Gasteiger partial charge in [0, 0.05) is 26.9 Å². The van der Waals surface area contributed by atoms with Crippen molar-refractivity contribution < 1.29 is 13.3 Å². The Morgan fingerprint density at radius 3 is 1.85 bits per heavy atom. The first kappa shape index (κ1) is 13.1. The molecule has 0 spiro atoms. The highest BCUT2D eigenvalue weighted by molar-refractivity contribution is 6.62. The van der Waals surface area contributed by atoms with E-state index in [1.54, 1.807) is 21.3 Å². The Kier molecular flexibility index (Phi) is 6.53. The molecular weight excluding hydrogens is 186 g/mol. The molecule has 0 aliphatic rings. The maximum atomic E-state index is 5.52. The first-order valence-electron chi connectivity index (χ1n) is 4.56. The Morgan fingerprint density at radius 1 is 1.15 bits per heavy atom. The predicted molar refractivity (Wildman–Crippen MR) is 54.5 cm³/mol. The topological polar surface area (TPSA) is 53.7 Å². The van der Waals surface area contributed by atoms with Crippen molar-refractivity contribution in [2.75, 3.05) is 27.9 Å². The summed E-state index contributed by atoms with van der Waals surface area (Å²) in [5.74, 6) is 0. The molecule has 0 radical (unpaired) electrons. The van der Waals surface area contributed by atoms with Crippen LogP contribution in [0.5, 0.6) is 0 Å². The van der Waals surface area contributed by atoms with Crippen LogP contribution >= 0.6 is 0 Å². The van der Waals surface area contributed by atoms with Gasteiger partial charge in [0.2, 0.25) is 0 Å². The van der Waals surface area contributed by atoms with Crippen molar-refractivity contribution in [2.24, 2.45) is 5.73 Å². The Morgan fingerprint density at radius 2 is 1.62 bits per heavy atom. The molecule has 0 aromatic rings. The zero-order valence-electron chi connectivity index (χ0n) is 9.00. The molecule has 13 heavy (non-hydrogen) atoms. The van der Waals surface area contributed by atoms with Crippen molar-refractivity contribution in [3.05, 3.63) is 0 Å². The van der Waals surface area contributed by atoms with Crippen molar-refractivity contribution in [1.29, 1.82) is 0 Å².